The van der Waals surface area contributed by atoms with Gasteiger partial charge in [-0.05, 0) is 68.6 Å². The Morgan fingerprint density at radius 3 is 2.77 bits per heavy atom. The van der Waals surface area contributed by atoms with E-state index in [2.05, 4.69) is 13.8 Å². The molecule has 1 aromatic carbocycles. The minimum Gasteiger partial charge on any atom is -0.339 e. The molecule has 2 aliphatic rings. The Labute approximate surface area is 159 Å². The van der Waals surface area contributed by atoms with Gasteiger partial charge in [-0.15, -0.1) is 11.3 Å². The predicted octanol–water partition coefficient (Wildman–Crippen LogP) is 4.65. The van der Waals surface area contributed by atoms with Gasteiger partial charge in [0.25, 0.3) is 5.91 Å². The van der Waals surface area contributed by atoms with Crippen LogP contribution < -0.4 is 5.43 Å². The van der Waals surface area contributed by atoms with Crippen molar-refractivity contribution < 1.29 is 4.79 Å². The fourth-order valence-electron chi connectivity index (χ4n) is 3.94. The van der Waals surface area contributed by atoms with Gasteiger partial charge in [-0.3, -0.25) is 9.59 Å². The fraction of sp³-hybridized carbons (Fsp3) is 0.545. The zero-order chi connectivity index (χ0) is 18.5. The summed E-state index contributed by atoms with van der Waals surface area (Å²) >= 11 is 1.71. The highest BCUT2D eigenvalue weighted by Gasteiger charge is 2.29. The average molecular weight is 370 g/mol. The van der Waals surface area contributed by atoms with E-state index in [1.54, 1.807) is 11.3 Å². The van der Waals surface area contributed by atoms with E-state index in [0.717, 1.165) is 48.0 Å². The molecule has 4 heteroatoms. The first-order valence-corrected chi connectivity index (χ1v) is 10.6. The lowest BCUT2D eigenvalue weighted by Gasteiger charge is -2.30. The molecular formula is C22H27NO2S. The third kappa shape index (κ3) is 3.32. The van der Waals surface area contributed by atoms with Crippen molar-refractivity contribution in [2.45, 2.75) is 52.9 Å². The van der Waals surface area contributed by atoms with E-state index in [1.165, 1.54) is 17.7 Å². The summed E-state index contributed by atoms with van der Waals surface area (Å²) in [4.78, 5) is 29.0. The molecule has 0 bridgehead atoms. The van der Waals surface area contributed by atoms with Crippen LogP contribution in [-0.4, -0.2) is 23.9 Å². The summed E-state index contributed by atoms with van der Waals surface area (Å²) in [6.07, 6.45) is 5.38. The van der Waals surface area contributed by atoms with Crippen LogP contribution in [0.1, 0.15) is 60.8 Å². The second kappa shape index (κ2) is 6.49. The molecule has 2 aromatic rings. The maximum atomic E-state index is 12.9. The molecule has 1 saturated carbocycles. The van der Waals surface area contributed by atoms with Gasteiger partial charge in [0.2, 0.25) is 0 Å². The molecule has 138 valence electrons. The third-order valence-corrected chi connectivity index (χ3v) is 7.05. The van der Waals surface area contributed by atoms with Gasteiger partial charge in [0.15, 0.2) is 5.43 Å². The zero-order valence-corrected chi connectivity index (χ0v) is 16.7. The summed E-state index contributed by atoms with van der Waals surface area (Å²) in [7, 11) is 0. The highest BCUT2D eigenvalue weighted by molar-refractivity contribution is 7.18. The largest absolute Gasteiger partial charge is 0.339 e. The standard InChI is InChI=1S/C22H27NO2S/c1-4-23(13-14-5-6-14)21(25)15-7-8-16-18(11-15)26-19-12-22(2,3)10-9-17(19)20(16)24/h7-8,11,14H,4-6,9-10,12-13H2,1-3H3. The zero-order valence-electron chi connectivity index (χ0n) is 15.9. The van der Waals surface area contributed by atoms with Crippen LogP contribution in [0.5, 0.6) is 0 Å². The van der Waals surface area contributed by atoms with Crippen LogP contribution in [0.2, 0.25) is 0 Å². The van der Waals surface area contributed by atoms with E-state index in [0.29, 0.717) is 11.5 Å². The van der Waals surface area contributed by atoms with Gasteiger partial charge >= 0.3 is 0 Å². The van der Waals surface area contributed by atoms with Crippen LogP contribution in [0.25, 0.3) is 10.1 Å². The van der Waals surface area contributed by atoms with Crippen LogP contribution in [0.4, 0.5) is 0 Å². The minimum atomic E-state index is 0.0963. The average Bonchev–Trinajstić information content (AvgIpc) is 3.42. The number of carbonyl (C=O) groups excluding carboxylic acids is 1. The Hall–Kier alpha value is -1.68. The van der Waals surface area contributed by atoms with Gasteiger partial charge in [0, 0.05) is 39.2 Å². The molecular weight excluding hydrogens is 342 g/mol. The number of benzene rings is 1. The molecule has 1 amide bonds. The Kier molecular flexibility index (Phi) is 4.42. The van der Waals surface area contributed by atoms with Crippen LogP contribution in [-0.2, 0) is 12.8 Å². The summed E-state index contributed by atoms with van der Waals surface area (Å²) in [5.41, 5.74) is 2.14. The van der Waals surface area contributed by atoms with Crippen LogP contribution in [0, 0.1) is 11.3 Å². The summed E-state index contributed by atoms with van der Waals surface area (Å²) in [6.45, 7) is 8.19. The number of carbonyl (C=O) groups is 1. The summed E-state index contributed by atoms with van der Waals surface area (Å²) in [6, 6.07) is 5.65. The van der Waals surface area contributed by atoms with Gasteiger partial charge in [-0.1, -0.05) is 13.8 Å². The number of amides is 1. The summed E-state index contributed by atoms with van der Waals surface area (Å²) in [5, 5.41) is 0.773. The first kappa shape index (κ1) is 17.7. The highest BCUT2D eigenvalue weighted by Crippen LogP contribution is 2.37. The number of fused-ring (bicyclic) bond motifs is 2. The SMILES string of the molecule is CCN(CC1CC1)C(=O)c1ccc2c(=O)c3c(sc2c1)CC(C)(C)CC3. The van der Waals surface area contributed by atoms with Crippen molar-refractivity contribution in [3.8, 4) is 0 Å². The molecule has 0 spiro atoms. The van der Waals surface area contributed by atoms with Gasteiger partial charge in [-0.25, -0.2) is 0 Å². The minimum absolute atomic E-state index is 0.0963. The quantitative estimate of drug-likeness (QED) is 0.787. The van der Waals surface area contributed by atoms with Crippen LogP contribution in [0.15, 0.2) is 23.0 Å². The lowest BCUT2D eigenvalue weighted by molar-refractivity contribution is 0.0757. The molecule has 3 nitrogen and oxygen atoms in total. The monoisotopic (exact) mass is 369 g/mol. The maximum Gasteiger partial charge on any atom is 0.253 e. The Morgan fingerprint density at radius 2 is 2.08 bits per heavy atom. The van der Waals surface area contributed by atoms with Crippen molar-refractivity contribution >= 4 is 27.3 Å². The molecule has 0 atom stereocenters. The van der Waals surface area contributed by atoms with Crippen LogP contribution in [0.3, 0.4) is 0 Å². The van der Waals surface area contributed by atoms with E-state index < -0.39 is 0 Å². The van der Waals surface area contributed by atoms with E-state index in [-0.39, 0.29) is 16.8 Å². The number of hydrogen-bond donors (Lipinski definition) is 0. The lowest BCUT2D eigenvalue weighted by atomic mass is 9.77. The van der Waals surface area contributed by atoms with Crippen LogP contribution >= 0.6 is 11.3 Å². The summed E-state index contributed by atoms with van der Waals surface area (Å²) in [5.74, 6) is 0.781. The molecule has 1 heterocycles. The normalized spacial score (nSPS) is 18.6. The number of hydrogen-bond acceptors (Lipinski definition) is 3. The molecule has 0 N–H and O–H groups in total. The molecule has 4 rings (SSSR count). The molecule has 26 heavy (non-hydrogen) atoms. The maximum absolute atomic E-state index is 12.9. The Bertz CT molecular complexity index is 924. The van der Waals surface area contributed by atoms with Gasteiger partial charge in [-0.2, -0.15) is 0 Å². The lowest BCUT2D eigenvalue weighted by Crippen LogP contribution is -2.32. The van der Waals surface area contributed by atoms with Crippen molar-refractivity contribution in [3.63, 3.8) is 0 Å². The van der Waals surface area contributed by atoms with Gasteiger partial charge in [0.05, 0.1) is 0 Å². The van der Waals surface area contributed by atoms with E-state index in [9.17, 15) is 9.59 Å². The van der Waals surface area contributed by atoms with E-state index in [1.807, 2.05) is 30.0 Å². The van der Waals surface area contributed by atoms with E-state index >= 15 is 0 Å². The molecule has 0 unspecified atom stereocenters. The first-order valence-electron chi connectivity index (χ1n) is 9.76. The molecule has 1 aromatic heterocycles. The van der Waals surface area contributed by atoms with Crippen molar-refractivity contribution in [1.29, 1.82) is 0 Å². The Balaban J connectivity index is 1.72. The first-order chi connectivity index (χ1) is 12.4. The van der Waals surface area contributed by atoms with E-state index in [4.69, 9.17) is 0 Å². The topological polar surface area (TPSA) is 37.4 Å². The molecule has 0 radical (unpaired) electrons. The second-order valence-corrected chi connectivity index (χ2v) is 9.81. The third-order valence-electron chi connectivity index (χ3n) is 5.85. The van der Waals surface area contributed by atoms with Crippen molar-refractivity contribution in [1.82, 2.24) is 4.90 Å². The van der Waals surface area contributed by atoms with Crippen molar-refractivity contribution in [2.75, 3.05) is 13.1 Å². The number of rotatable bonds is 4. The van der Waals surface area contributed by atoms with Crippen molar-refractivity contribution in [2.24, 2.45) is 11.3 Å². The fourth-order valence-corrected chi connectivity index (χ4v) is 5.45. The molecule has 1 fully saturated rings. The predicted molar refractivity (Wildman–Crippen MR) is 108 cm³/mol. The highest BCUT2D eigenvalue weighted by atomic mass is 32.1. The van der Waals surface area contributed by atoms with Gasteiger partial charge < -0.3 is 4.90 Å². The molecule has 0 aliphatic heterocycles. The Morgan fingerprint density at radius 1 is 1.31 bits per heavy atom. The van der Waals surface area contributed by atoms with Crippen molar-refractivity contribution in [3.05, 3.63) is 44.4 Å². The molecule has 0 saturated heterocycles. The smallest absolute Gasteiger partial charge is 0.253 e. The van der Waals surface area contributed by atoms with Gasteiger partial charge in [0.1, 0.15) is 0 Å². The summed E-state index contributed by atoms with van der Waals surface area (Å²) < 4.78 is 0.958. The second-order valence-electron chi connectivity index (χ2n) is 8.67. The number of nitrogens with zero attached hydrogens (tertiary/aromatic N) is 1. The molecule has 2 aliphatic carbocycles.